The molecule has 144 valence electrons. The van der Waals surface area contributed by atoms with Crippen LogP contribution in [0.2, 0.25) is 5.02 Å². The number of hydrogen-bond donors (Lipinski definition) is 0. The number of rotatable bonds is 7. The maximum Gasteiger partial charge on any atom is 0.343 e. The van der Waals surface area contributed by atoms with Crippen LogP contribution in [0, 0.1) is 0 Å². The third-order valence-electron chi connectivity index (χ3n) is 3.99. The molecule has 0 N–H and O–H groups in total. The van der Waals surface area contributed by atoms with Crippen LogP contribution in [0.5, 0.6) is 17.2 Å². The minimum atomic E-state index is -0.472. The van der Waals surface area contributed by atoms with E-state index in [1.54, 1.807) is 42.1 Å². The zero-order valence-corrected chi connectivity index (χ0v) is 17.0. The summed E-state index contributed by atoms with van der Waals surface area (Å²) in [6.07, 6.45) is 0. The van der Waals surface area contributed by atoms with E-state index in [0.717, 1.165) is 21.2 Å². The molecule has 0 amide bonds. The average Bonchev–Trinajstić information content (AvgIpc) is 2.73. The number of halogens is 1. The molecule has 0 unspecified atom stereocenters. The van der Waals surface area contributed by atoms with E-state index in [-0.39, 0.29) is 5.75 Å². The number of methoxy groups -OCH3 is 2. The van der Waals surface area contributed by atoms with E-state index in [0.29, 0.717) is 17.1 Å². The van der Waals surface area contributed by atoms with Crippen LogP contribution in [-0.4, -0.2) is 20.2 Å². The van der Waals surface area contributed by atoms with Gasteiger partial charge in [0.1, 0.15) is 0 Å². The third kappa shape index (κ3) is 5.00. The summed E-state index contributed by atoms with van der Waals surface area (Å²) in [5.41, 5.74) is 1.56. The molecule has 0 aromatic heterocycles. The van der Waals surface area contributed by atoms with Crippen molar-refractivity contribution in [2.75, 3.05) is 14.2 Å². The summed E-state index contributed by atoms with van der Waals surface area (Å²) >= 11 is 7.60. The van der Waals surface area contributed by atoms with Crippen molar-refractivity contribution in [2.24, 2.45) is 0 Å². The minimum Gasteiger partial charge on any atom is -0.493 e. The molecule has 0 atom stereocenters. The molecule has 0 aliphatic carbocycles. The van der Waals surface area contributed by atoms with Crippen molar-refractivity contribution >= 4 is 29.3 Å². The fraction of sp³-hybridized carbons (Fsp3) is 0.136. The number of benzene rings is 3. The molecule has 0 saturated heterocycles. The van der Waals surface area contributed by atoms with Gasteiger partial charge in [-0.1, -0.05) is 29.8 Å². The summed E-state index contributed by atoms with van der Waals surface area (Å²) in [7, 11) is 3.03. The third-order valence-corrected chi connectivity index (χ3v) is 5.32. The summed E-state index contributed by atoms with van der Waals surface area (Å²) in [6.45, 7) is 0. The molecule has 0 spiro atoms. The summed E-state index contributed by atoms with van der Waals surface area (Å²) in [5.74, 6) is 1.45. The van der Waals surface area contributed by atoms with Gasteiger partial charge >= 0.3 is 5.97 Å². The molecule has 0 aliphatic rings. The van der Waals surface area contributed by atoms with E-state index in [2.05, 4.69) is 0 Å². The number of carbonyl (C=O) groups is 1. The van der Waals surface area contributed by atoms with Crippen molar-refractivity contribution in [3.63, 3.8) is 0 Å². The van der Waals surface area contributed by atoms with Crippen LogP contribution in [0.3, 0.4) is 0 Å². The number of hydrogen-bond acceptors (Lipinski definition) is 5. The van der Waals surface area contributed by atoms with Crippen LogP contribution in [0.4, 0.5) is 0 Å². The van der Waals surface area contributed by atoms with Crippen molar-refractivity contribution < 1.29 is 19.0 Å². The van der Waals surface area contributed by atoms with Gasteiger partial charge in [0.2, 0.25) is 5.75 Å². The lowest BCUT2D eigenvalue weighted by Crippen LogP contribution is -2.10. The molecule has 0 bridgehead atoms. The van der Waals surface area contributed by atoms with Gasteiger partial charge in [-0.3, -0.25) is 0 Å². The van der Waals surface area contributed by atoms with Crippen molar-refractivity contribution in [1.29, 1.82) is 0 Å². The number of ether oxygens (including phenoxy) is 3. The van der Waals surface area contributed by atoms with Crippen LogP contribution >= 0.6 is 23.4 Å². The lowest BCUT2D eigenvalue weighted by molar-refractivity contribution is 0.0724. The van der Waals surface area contributed by atoms with E-state index in [1.807, 2.05) is 36.4 Å². The maximum absolute atomic E-state index is 12.5. The normalized spacial score (nSPS) is 10.4. The molecule has 0 fully saturated rings. The molecule has 0 saturated carbocycles. The van der Waals surface area contributed by atoms with Gasteiger partial charge < -0.3 is 14.2 Å². The van der Waals surface area contributed by atoms with Gasteiger partial charge in [0.15, 0.2) is 11.5 Å². The minimum absolute atomic E-state index is 0.264. The second-order valence-corrected chi connectivity index (χ2v) is 7.31. The Labute approximate surface area is 173 Å². The Morgan fingerprint density at radius 3 is 2.07 bits per heavy atom. The SMILES string of the molecule is COc1cccc(OC)c1OC(=O)c1ccc(CSc2ccc(Cl)cc2)cc1. The first-order chi connectivity index (χ1) is 13.6. The van der Waals surface area contributed by atoms with Gasteiger partial charge in [-0.15, -0.1) is 11.8 Å². The Morgan fingerprint density at radius 2 is 1.50 bits per heavy atom. The van der Waals surface area contributed by atoms with E-state index < -0.39 is 5.97 Å². The summed E-state index contributed by atoms with van der Waals surface area (Å²) < 4.78 is 16.0. The van der Waals surface area contributed by atoms with Crippen molar-refractivity contribution in [3.05, 3.63) is 82.9 Å². The molecule has 3 rings (SSSR count). The average molecular weight is 415 g/mol. The number of carbonyl (C=O) groups excluding carboxylic acids is 1. The van der Waals surface area contributed by atoms with Gasteiger partial charge in [0.25, 0.3) is 0 Å². The molecule has 3 aromatic carbocycles. The standard InChI is InChI=1S/C22H19ClO4S/c1-25-19-4-3-5-20(26-2)21(19)27-22(24)16-8-6-15(7-9-16)14-28-18-12-10-17(23)11-13-18/h3-13H,14H2,1-2H3. The highest BCUT2D eigenvalue weighted by atomic mass is 35.5. The highest BCUT2D eigenvalue weighted by Gasteiger charge is 2.17. The van der Waals surface area contributed by atoms with Gasteiger partial charge in [-0.25, -0.2) is 4.79 Å². The predicted octanol–water partition coefficient (Wildman–Crippen LogP) is 5.87. The van der Waals surface area contributed by atoms with E-state index in [4.69, 9.17) is 25.8 Å². The van der Waals surface area contributed by atoms with Crippen LogP contribution in [0.15, 0.2) is 71.6 Å². The lowest BCUT2D eigenvalue weighted by atomic mass is 10.1. The molecule has 0 aliphatic heterocycles. The molecule has 3 aromatic rings. The first-order valence-corrected chi connectivity index (χ1v) is 9.87. The van der Waals surface area contributed by atoms with Crippen LogP contribution in [0.1, 0.15) is 15.9 Å². The monoisotopic (exact) mass is 414 g/mol. The second kappa shape index (κ2) is 9.53. The Balaban J connectivity index is 1.66. The fourth-order valence-electron chi connectivity index (χ4n) is 2.50. The van der Waals surface area contributed by atoms with Crippen molar-refractivity contribution in [1.82, 2.24) is 0 Å². The molecular weight excluding hydrogens is 396 g/mol. The van der Waals surface area contributed by atoms with Gasteiger partial charge in [0, 0.05) is 15.7 Å². The van der Waals surface area contributed by atoms with Crippen LogP contribution in [-0.2, 0) is 5.75 Å². The highest BCUT2D eigenvalue weighted by molar-refractivity contribution is 7.98. The molecule has 0 radical (unpaired) electrons. The molecule has 0 heterocycles. The maximum atomic E-state index is 12.5. The Hall–Kier alpha value is -2.63. The van der Waals surface area contributed by atoms with Crippen LogP contribution < -0.4 is 14.2 Å². The number of esters is 1. The van der Waals surface area contributed by atoms with Crippen molar-refractivity contribution in [3.8, 4) is 17.2 Å². The molecule has 6 heteroatoms. The molecule has 28 heavy (non-hydrogen) atoms. The Morgan fingerprint density at radius 1 is 0.893 bits per heavy atom. The summed E-state index contributed by atoms with van der Waals surface area (Å²) in [6, 6.07) is 20.2. The zero-order chi connectivity index (χ0) is 19.9. The predicted molar refractivity (Wildman–Crippen MR) is 112 cm³/mol. The number of para-hydroxylation sites is 1. The summed E-state index contributed by atoms with van der Waals surface area (Å²) in [4.78, 5) is 13.7. The van der Waals surface area contributed by atoms with Crippen molar-refractivity contribution in [2.45, 2.75) is 10.6 Å². The first kappa shape index (κ1) is 20.1. The summed E-state index contributed by atoms with van der Waals surface area (Å²) in [5, 5.41) is 0.721. The highest BCUT2D eigenvalue weighted by Crippen LogP contribution is 2.37. The van der Waals surface area contributed by atoms with E-state index >= 15 is 0 Å². The van der Waals surface area contributed by atoms with Gasteiger partial charge in [0.05, 0.1) is 19.8 Å². The van der Waals surface area contributed by atoms with Crippen LogP contribution in [0.25, 0.3) is 0 Å². The fourth-order valence-corrected chi connectivity index (χ4v) is 3.48. The topological polar surface area (TPSA) is 44.8 Å². The second-order valence-electron chi connectivity index (χ2n) is 5.82. The van der Waals surface area contributed by atoms with E-state index in [1.165, 1.54) is 14.2 Å². The largest absolute Gasteiger partial charge is 0.493 e. The quantitative estimate of drug-likeness (QED) is 0.275. The van der Waals surface area contributed by atoms with Gasteiger partial charge in [-0.2, -0.15) is 0 Å². The van der Waals surface area contributed by atoms with Gasteiger partial charge in [-0.05, 0) is 54.1 Å². The molecular formula is C22H19ClO4S. The Bertz CT molecular complexity index is 918. The molecule has 4 nitrogen and oxygen atoms in total. The first-order valence-electron chi connectivity index (χ1n) is 8.51. The lowest BCUT2D eigenvalue weighted by Gasteiger charge is -2.13. The smallest absolute Gasteiger partial charge is 0.343 e. The Kier molecular flexibility index (Phi) is 6.85. The van der Waals surface area contributed by atoms with E-state index in [9.17, 15) is 4.79 Å². The number of thioether (sulfide) groups is 1. The zero-order valence-electron chi connectivity index (χ0n) is 15.5.